The molecule has 0 saturated heterocycles. The molecule has 0 rings (SSSR count). The molecular weight excluding hydrogens is 572 g/mol. The zero-order valence-corrected chi connectivity index (χ0v) is 14.9. The number of hydrogen-bond acceptors (Lipinski definition) is 0. The van der Waals surface area contributed by atoms with E-state index in [9.17, 15) is 0 Å². The van der Waals surface area contributed by atoms with Crippen LogP contribution in [-0.4, -0.2) is 51.6 Å². The van der Waals surface area contributed by atoms with Crippen molar-refractivity contribution in [3.8, 4) is 0 Å². The number of hydrogen-bond donors (Lipinski definition) is 0. The predicted octanol–water partition coefficient (Wildman–Crippen LogP) is -13.6. The first-order valence-corrected chi connectivity index (χ1v) is 0. The summed E-state index contributed by atoms with van der Waals surface area (Å²) in [5.41, 5.74) is 0. The molecule has 0 saturated carbocycles. The van der Waals surface area contributed by atoms with Gasteiger partial charge in [-0.05, 0) is 0 Å². The molecule has 0 atom stereocenters. The Kier molecular flexibility index (Phi) is 430. The third-order valence-electron chi connectivity index (χ3n) is 0. The van der Waals surface area contributed by atoms with E-state index in [2.05, 4.69) is 0 Å². The molecule has 0 aromatic heterocycles. The molecule has 0 aromatic carbocycles. The maximum atomic E-state index is 0. The molecule has 0 spiro atoms. The van der Waals surface area contributed by atoms with E-state index in [1.54, 1.807) is 0 Å². The Morgan fingerprint density at radius 2 is 0.429 bits per heavy atom. The first-order chi connectivity index (χ1) is 0. The fourth-order valence-corrected chi connectivity index (χ4v) is 0. The minimum absolute atomic E-state index is 0. The summed E-state index contributed by atoms with van der Waals surface area (Å²) in [7, 11) is 0. The van der Waals surface area contributed by atoms with Gasteiger partial charge in [0.15, 0.2) is 0 Å². The van der Waals surface area contributed by atoms with Crippen LogP contribution < -0.4 is 95.9 Å². The second kappa shape index (κ2) is 47.4. The van der Waals surface area contributed by atoms with E-state index in [4.69, 9.17) is 0 Å². The van der Waals surface area contributed by atoms with E-state index < -0.39 is 0 Å². The minimum atomic E-state index is 0. The molecule has 0 fully saturated rings. The summed E-state index contributed by atoms with van der Waals surface area (Å²) >= 11 is 0. The van der Waals surface area contributed by atoms with E-state index in [-0.39, 0.29) is 147 Å². The fraction of sp³-hybridized carbons (Fsp3) is 0. The Hall–Kier alpha value is 4.41. The maximum absolute atomic E-state index is 0. The molecule has 0 unspecified atom stereocenters. The molecule has 7 heteroatoms. The first-order valence-electron chi connectivity index (χ1n) is 0. The molecule has 2 N–H and O–H groups in total. The van der Waals surface area contributed by atoms with E-state index in [0.29, 0.717) is 0 Å². The number of rotatable bonds is 0. The van der Waals surface area contributed by atoms with Gasteiger partial charge < -0.3 is 101 Å². The van der Waals surface area contributed by atoms with Gasteiger partial charge in [-0.15, -0.1) is 0 Å². The molecule has 40 valence electrons. The van der Waals surface area contributed by atoms with Crippen molar-refractivity contribution in [2.45, 2.75) is 0 Å². The summed E-state index contributed by atoms with van der Waals surface area (Å²) in [6.45, 7) is 0. The van der Waals surface area contributed by atoms with Crippen molar-refractivity contribution in [3.63, 3.8) is 0 Å². The van der Waals surface area contributed by atoms with Gasteiger partial charge in [-0.1, -0.05) is 0 Å². The normalized spacial score (nSPS) is 0. The smallest absolute Gasteiger partial charge is 1.00 e. The van der Waals surface area contributed by atoms with E-state index >= 15 is 0 Å². The van der Waals surface area contributed by atoms with Crippen LogP contribution in [0.1, 0.15) is 0 Å². The van der Waals surface area contributed by atoms with Crippen molar-refractivity contribution in [2.24, 2.45) is 0 Å². The Labute approximate surface area is 144 Å². The van der Waals surface area contributed by atoms with Gasteiger partial charge >= 0.3 is 46.1 Å². The second-order valence-corrected chi connectivity index (χ2v) is 0. The summed E-state index contributed by atoms with van der Waals surface area (Å²) < 4.78 is 0. The van der Waals surface area contributed by atoms with Crippen molar-refractivity contribution in [3.05, 3.63) is 0 Å². The van der Waals surface area contributed by atoms with Crippen LogP contribution in [0.15, 0.2) is 0 Å². The molecule has 0 aliphatic rings. The molecule has 0 radical (unpaired) electrons. The monoisotopic (exact) mass is 574 g/mol. The van der Waals surface area contributed by atoms with Gasteiger partial charge in [0.1, 0.15) is 0 Å². The molecule has 0 aliphatic carbocycles. The molecule has 0 aromatic rings. The van der Waals surface area contributed by atoms with Gasteiger partial charge in [0.05, 0.1) is 0 Å². The van der Waals surface area contributed by atoms with Gasteiger partial charge in [-0.25, -0.2) is 0 Å². The quantitative estimate of drug-likeness (QED) is 0.204. The Bertz CT molecular complexity index is 9.65. The standard InChI is InChI=1S/4HI.2Mg.H2O/h4*1H;;;1H2/q;;;;2*+2;/p-4. The van der Waals surface area contributed by atoms with E-state index in [1.165, 1.54) is 0 Å². The topological polar surface area (TPSA) is 31.5 Å². The van der Waals surface area contributed by atoms with Crippen molar-refractivity contribution in [2.75, 3.05) is 0 Å². The van der Waals surface area contributed by atoms with Gasteiger partial charge in [-0.3, -0.25) is 0 Å². The van der Waals surface area contributed by atoms with Crippen molar-refractivity contribution >= 4 is 46.1 Å². The van der Waals surface area contributed by atoms with Crippen LogP contribution in [0, 0.1) is 0 Å². The van der Waals surface area contributed by atoms with Crippen LogP contribution in [0.2, 0.25) is 0 Å². The maximum Gasteiger partial charge on any atom is 2.00 e. The summed E-state index contributed by atoms with van der Waals surface area (Å²) in [5.74, 6) is 0. The summed E-state index contributed by atoms with van der Waals surface area (Å²) in [6.07, 6.45) is 0. The summed E-state index contributed by atoms with van der Waals surface area (Å²) in [6, 6.07) is 0. The third-order valence-corrected chi connectivity index (χ3v) is 0. The SMILES string of the molecule is O.[I-].[I-].[I-].[I-].[Mg+2].[Mg+2]. The summed E-state index contributed by atoms with van der Waals surface area (Å²) in [5, 5.41) is 0. The van der Waals surface area contributed by atoms with Crippen molar-refractivity contribution < 1.29 is 101 Å². The van der Waals surface area contributed by atoms with Crippen LogP contribution in [0.5, 0.6) is 0 Å². The van der Waals surface area contributed by atoms with Gasteiger partial charge in [0.2, 0.25) is 0 Å². The molecular formula is H2I4Mg2O. The minimum Gasteiger partial charge on any atom is -1.00 e. The van der Waals surface area contributed by atoms with Crippen LogP contribution in [0.25, 0.3) is 0 Å². The molecule has 0 amide bonds. The van der Waals surface area contributed by atoms with Gasteiger partial charge in [0.25, 0.3) is 0 Å². The van der Waals surface area contributed by atoms with Crippen LogP contribution in [-0.2, 0) is 0 Å². The molecule has 7 heavy (non-hydrogen) atoms. The molecule has 1 nitrogen and oxygen atoms in total. The van der Waals surface area contributed by atoms with Gasteiger partial charge in [0, 0.05) is 0 Å². The van der Waals surface area contributed by atoms with Crippen molar-refractivity contribution in [1.82, 2.24) is 0 Å². The average molecular weight is 574 g/mol. The van der Waals surface area contributed by atoms with E-state index in [0.717, 1.165) is 0 Å². The Morgan fingerprint density at radius 1 is 0.429 bits per heavy atom. The zero-order valence-electron chi connectivity index (χ0n) is 3.43. The fourth-order valence-electron chi connectivity index (χ4n) is 0. The van der Waals surface area contributed by atoms with Crippen molar-refractivity contribution in [1.29, 1.82) is 0 Å². The van der Waals surface area contributed by atoms with Crippen LogP contribution in [0.3, 0.4) is 0 Å². The third kappa shape index (κ3) is 37.8. The average Bonchev–Trinajstić information content (AvgIpc) is 0. The van der Waals surface area contributed by atoms with Crippen LogP contribution >= 0.6 is 0 Å². The molecule has 0 heterocycles. The summed E-state index contributed by atoms with van der Waals surface area (Å²) in [4.78, 5) is 0. The largest absolute Gasteiger partial charge is 2.00 e. The Morgan fingerprint density at radius 3 is 0.429 bits per heavy atom. The molecule has 0 aliphatic heterocycles. The van der Waals surface area contributed by atoms with Gasteiger partial charge in [-0.2, -0.15) is 0 Å². The zero-order chi connectivity index (χ0) is 0. The number of halogens is 4. The second-order valence-electron chi connectivity index (χ2n) is 0. The van der Waals surface area contributed by atoms with E-state index in [1.807, 2.05) is 0 Å². The predicted molar refractivity (Wildman–Crippen MR) is 15.1 cm³/mol. The van der Waals surface area contributed by atoms with Crippen LogP contribution in [0.4, 0.5) is 0 Å². The molecule has 0 bridgehead atoms. The Balaban J connectivity index is 0. The first kappa shape index (κ1) is 63.6.